The number of nitrogens with zero attached hydrogens (tertiary/aromatic N) is 3. The minimum absolute atomic E-state index is 0.203. The topological polar surface area (TPSA) is 64.1 Å². The first-order valence-electron chi connectivity index (χ1n) is 5.56. The molecule has 5 nitrogen and oxygen atoms in total. The Morgan fingerprint density at radius 3 is 3.06 bits per heavy atom. The summed E-state index contributed by atoms with van der Waals surface area (Å²) in [5.74, 6) is 2.54. The summed E-state index contributed by atoms with van der Waals surface area (Å²) in [5.41, 5.74) is 0. The van der Waals surface area contributed by atoms with Gasteiger partial charge in [-0.05, 0) is 36.1 Å². The monoisotopic (exact) mass is 253 g/mol. The van der Waals surface area contributed by atoms with Gasteiger partial charge in [0.15, 0.2) is 16.8 Å². The van der Waals surface area contributed by atoms with E-state index in [1.165, 1.54) is 0 Å². The molecule has 3 heterocycles. The van der Waals surface area contributed by atoms with Gasteiger partial charge in [-0.25, -0.2) is 0 Å². The van der Waals surface area contributed by atoms with Gasteiger partial charge in [0.2, 0.25) is 0 Å². The van der Waals surface area contributed by atoms with Crippen molar-refractivity contribution in [2.75, 3.05) is 6.61 Å². The largest absolute Gasteiger partial charge is 0.441 e. The molecule has 0 radical (unpaired) electrons. The van der Waals surface area contributed by atoms with Crippen LogP contribution in [-0.2, 0) is 13.0 Å². The zero-order valence-electron chi connectivity index (χ0n) is 9.14. The Kier molecular flexibility index (Phi) is 2.64. The van der Waals surface area contributed by atoms with Gasteiger partial charge >= 0.3 is 0 Å². The number of aliphatic hydroxyl groups excluding tert-OH is 1. The Bertz CT molecular complexity index is 535. The Morgan fingerprint density at radius 1 is 1.47 bits per heavy atom. The summed E-state index contributed by atoms with van der Waals surface area (Å²) in [4.78, 5) is 0. The predicted octanol–water partition coefficient (Wildman–Crippen LogP) is 1.75. The highest BCUT2D eigenvalue weighted by Gasteiger charge is 2.24. The van der Waals surface area contributed by atoms with Crippen LogP contribution in [0.25, 0.3) is 11.6 Å². The maximum Gasteiger partial charge on any atom is 0.199 e. The summed E-state index contributed by atoms with van der Waals surface area (Å²) >= 11 is 5.75. The van der Waals surface area contributed by atoms with Crippen LogP contribution in [0.4, 0.5) is 0 Å². The van der Waals surface area contributed by atoms with E-state index in [1.54, 1.807) is 12.1 Å². The van der Waals surface area contributed by atoms with Crippen LogP contribution in [0.15, 0.2) is 16.5 Å². The maximum atomic E-state index is 9.15. The minimum Gasteiger partial charge on any atom is -0.441 e. The third-order valence-corrected chi connectivity index (χ3v) is 3.31. The maximum absolute atomic E-state index is 9.15. The summed E-state index contributed by atoms with van der Waals surface area (Å²) in [6, 6.07) is 3.48. The lowest BCUT2D eigenvalue weighted by Gasteiger charge is -2.21. The third-order valence-electron chi connectivity index (χ3n) is 3.11. The standard InChI is InChI=1S/C11H12ClN3O2/c12-9-2-1-8(17-9)11-14-13-10-5-7(6-16)3-4-15(10)11/h1-2,7,16H,3-6H2. The van der Waals surface area contributed by atoms with Gasteiger partial charge in [0.25, 0.3) is 0 Å². The molecule has 0 aromatic carbocycles. The van der Waals surface area contributed by atoms with Gasteiger partial charge in [0, 0.05) is 19.6 Å². The van der Waals surface area contributed by atoms with Crippen LogP contribution in [-0.4, -0.2) is 26.5 Å². The predicted molar refractivity (Wildman–Crippen MR) is 61.6 cm³/mol. The summed E-state index contributed by atoms with van der Waals surface area (Å²) in [6.45, 7) is 1.01. The number of hydrogen-bond donors (Lipinski definition) is 1. The molecule has 1 N–H and O–H groups in total. The Balaban J connectivity index is 1.96. The summed E-state index contributed by atoms with van der Waals surface area (Å²) in [7, 11) is 0. The van der Waals surface area contributed by atoms with E-state index in [2.05, 4.69) is 10.2 Å². The van der Waals surface area contributed by atoms with E-state index < -0.39 is 0 Å². The molecule has 6 heteroatoms. The van der Waals surface area contributed by atoms with Gasteiger partial charge in [-0.2, -0.15) is 0 Å². The molecule has 0 aliphatic carbocycles. The molecule has 3 rings (SSSR count). The van der Waals surface area contributed by atoms with Crippen LogP contribution < -0.4 is 0 Å². The zero-order chi connectivity index (χ0) is 11.8. The summed E-state index contributed by atoms with van der Waals surface area (Å²) < 4.78 is 7.37. The number of aromatic nitrogens is 3. The molecule has 2 aromatic rings. The lowest BCUT2D eigenvalue weighted by Crippen LogP contribution is -2.22. The van der Waals surface area contributed by atoms with Gasteiger partial charge < -0.3 is 14.1 Å². The first-order chi connectivity index (χ1) is 8.28. The van der Waals surface area contributed by atoms with Gasteiger partial charge in [-0.3, -0.25) is 0 Å². The fourth-order valence-corrected chi connectivity index (χ4v) is 2.31. The molecule has 17 heavy (non-hydrogen) atoms. The van der Waals surface area contributed by atoms with E-state index in [0.717, 1.165) is 25.2 Å². The van der Waals surface area contributed by atoms with Crippen molar-refractivity contribution >= 4 is 11.6 Å². The molecule has 1 atom stereocenters. The van der Waals surface area contributed by atoms with Crippen LogP contribution in [0.2, 0.25) is 5.22 Å². The number of halogens is 1. The smallest absolute Gasteiger partial charge is 0.199 e. The van der Waals surface area contributed by atoms with E-state index in [1.807, 2.05) is 4.57 Å². The van der Waals surface area contributed by atoms with Crippen molar-refractivity contribution in [1.29, 1.82) is 0 Å². The van der Waals surface area contributed by atoms with Crippen molar-refractivity contribution in [3.8, 4) is 11.6 Å². The SMILES string of the molecule is OCC1CCn2c(nnc2-c2ccc(Cl)o2)C1. The van der Waals surface area contributed by atoms with Gasteiger partial charge in [-0.15, -0.1) is 10.2 Å². The highest BCUT2D eigenvalue weighted by Crippen LogP contribution is 2.27. The Hall–Kier alpha value is -1.33. The van der Waals surface area contributed by atoms with Gasteiger partial charge in [0.05, 0.1) is 0 Å². The zero-order valence-corrected chi connectivity index (χ0v) is 9.89. The van der Waals surface area contributed by atoms with Crippen molar-refractivity contribution < 1.29 is 9.52 Å². The van der Waals surface area contributed by atoms with Crippen LogP contribution >= 0.6 is 11.6 Å². The normalized spacial score (nSPS) is 19.3. The highest BCUT2D eigenvalue weighted by atomic mass is 35.5. The average molecular weight is 254 g/mol. The van der Waals surface area contributed by atoms with Crippen LogP contribution in [0, 0.1) is 5.92 Å². The molecule has 0 amide bonds. The highest BCUT2D eigenvalue weighted by molar-refractivity contribution is 6.28. The second-order valence-corrected chi connectivity index (χ2v) is 4.61. The van der Waals surface area contributed by atoms with Crippen LogP contribution in [0.5, 0.6) is 0 Å². The second-order valence-electron chi connectivity index (χ2n) is 4.24. The lowest BCUT2D eigenvalue weighted by molar-refractivity contribution is 0.199. The molecule has 1 aliphatic rings. The molecule has 2 aromatic heterocycles. The number of fused-ring (bicyclic) bond motifs is 1. The Morgan fingerprint density at radius 2 is 2.35 bits per heavy atom. The average Bonchev–Trinajstić information content (AvgIpc) is 2.93. The fourth-order valence-electron chi connectivity index (χ4n) is 2.17. The van der Waals surface area contributed by atoms with Crippen LogP contribution in [0.3, 0.4) is 0 Å². The number of hydrogen-bond acceptors (Lipinski definition) is 4. The fraction of sp³-hybridized carbons (Fsp3) is 0.455. The van der Waals surface area contributed by atoms with Crippen LogP contribution in [0.1, 0.15) is 12.2 Å². The molecule has 0 spiro atoms. The molecule has 0 bridgehead atoms. The molecule has 1 aliphatic heterocycles. The molecule has 90 valence electrons. The van der Waals surface area contributed by atoms with Gasteiger partial charge in [0.1, 0.15) is 5.82 Å². The van der Waals surface area contributed by atoms with Crippen molar-refractivity contribution in [3.05, 3.63) is 23.2 Å². The van der Waals surface area contributed by atoms with Crippen molar-refractivity contribution in [1.82, 2.24) is 14.8 Å². The van der Waals surface area contributed by atoms with E-state index >= 15 is 0 Å². The Labute approximate surface area is 103 Å². The molecule has 0 fully saturated rings. The molecular weight excluding hydrogens is 242 g/mol. The number of aliphatic hydroxyl groups is 1. The summed E-state index contributed by atoms with van der Waals surface area (Å²) in [6.07, 6.45) is 1.70. The lowest BCUT2D eigenvalue weighted by atomic mass is 9.99. The first kappa shape index (κ1) is 10.8. The van der Waals surface area contributed by atoms with Crippen molar-refractivity contribution in [2.24, 2.45) is 5.92 Å². The van der Waals surface area contributed by atoms with E-state index in [-0.39, 0.29) is 6.61 Å². The van der Waals surface area contributed by atoms with Crippen molar-refractivity contribution in [3.63, 3.8) is 0 Å². The molecule has 1 unspecified atom stereocenters. The quantitative estimate of drug-likeness (QED) is 0.886. The molecule has 0 saturated heterocycles. The molecule has 0 saturated carbocycles. The third kappa shape index (κ3) is 1.85. The second kappa shape index (κ2) is 4.16. The van der Waals surface area contributed by atoms with E-state index in [0.29, 0.717) is 22.7 Å². The van der Waals surface area contributed by atoms with E-state index in [9.17, 15) is 0 Å². The first-order valence-corrected chi connectivity index (χ1v) is 5.94. The minimum atomic E-state index is 0.203. The van der Waals surface area contributed by atoms with Gasteiger partial charge in [-0.1, -0.05) is 0 Å². The number of furan rings is 1. The molecular formula is C11H12ClN3O2. The van der Waals surface area contributed by atoms with E-state index in [4.69, 9.17) is 21.1 Å². The number of rotatable bonds is 2. The summed E-state index contributed by atoms with van der Waals surface area (Å²) in [5, 5.41) is 17.8. The van der Waals surface area contributed by atoms with Crippen molar-refractivity contribution in [2.45, 2.75) is 19.4 Å².